The van der Waals surface area contributed by atoms with E-state index in [1.807, 2.05) is 24.3 Å². The van der Waals surface area contributed by atoms with Crippen molar-refractivity contribution in [3.05, 3.63) is 29.8 Å². The Kier molecular flexibility index (Phi) is 5.16. The molecule has 0 heterocycles. The number of Topliss-reactive ketones (excluding diaryl/α,β-unsaturated/α-hetero) is 1. The van der Waals surface area contributed by atoms with E-state index in [2.05, 4.69) is 10.1 Å². The highest BCUT2D eigenvalue weighted by Crippen LogP contribution is 2.29. The Bertz CT molecular complexity index is 478. The number of hydrogen-bond acceptors (Lipinski definition) is 4. The van der Waals surface area contributed by atoms with Gasteiger partial charge in [-0.25, -0.2) is 0 Å². The third-order valence-corrected chi connectivity index (χ3v) is 3.83. The van der Waals surface area contributed by atoms with E-state index in [9.17, 15) is 9.59 Å². The molecule has 1 aromatic rings. The SMILES string of the molecule is COC(=O)CNc1ccccc1C(=O)CC1CCCC1. The van der Waals surface area contributed by atoms with Crippen LogP contribution in [0.25, 0.3) is 0 Å². The number of esters is 1. The number of rotatable bonds is 6. The first-order chi connectivity index (χ1) is 9.70. The molecule has 0 aromatic heterocycles. The van der Waals surface area contributed by atoms with Crippen molar-refractivity contribution in [2.24, 2.45) is 5.92 Å². The minimum atomic E-state index is -0.344. The van der Waals surface area contributed by atoms with Gasteiger partial charge in [-0.15, -0.1) is 0 Å². The highest BCUT2D eigenvalue weighted by molar-refractivity contribution is 6.01. The van der Waals surface area contributed by atoms with Crippen LogP contribution in [-0.4, -0.2) is 25.4 Å². The fraction of sp³-hybridized carbons (Fsp3) is 0.500. The number of para-hydroxylation sites is 1. The molecule has 1 aliphatic rings. The minimum absolute atomic E-state index is 0.0736. The van der Waals surface area contributed by atoms with Gasteiger partial charge in [-0.3, -0.25) is 9.59 Å². The second-order valence-corrected chi connectivity index (χ2v) is 5.25. The van der Waals surface area contributed by atoms with Gasteiger partial charge in [-0.05, 0) is 18.1 Å². The molecular formula is C16H21NO3. The Hall–Kier alpha value is -1.84. The fourth-order valence-electron chi connectivity index (χ4n) is 2.71. The van der Waals surface area contributed by atoms with Crippen LogP contribution in [0.2, 0.25) is 0 Å². The molecule has 4 heteroatoms. The molecule has 1 fully saturated rings. The summed E-state index contributed by atoms with van der Waals surface area (Å²) in [6, 6.07) is 7.35. The number of nitrogens with one attached hydrogen (secondary N) is 1. The molecule has 0 spiro atoms. The van der Waals surface area contributed by atoms with Crippen LogP contribution in [0.4, 0.5) is 5.69 Å². The quantitative estimate of drug-likeness (QED) is 0.640. The monoisotopic (exact) mass is 275 g/mol. The maximum absolute atomic E-state index is 12.4. The largest absolute Gasteiger partial charge is 0.468 e. The van der Waals surface area contributed by atoms with Crippen LogP contribution in [0.3, 0.4) is 0 Å². The van der Waals surface area contributed by atoms with Crippen molar-refractivity contribution >= 4 is 17.4 Å². The number of methoxy groups -OCH3 is 1. The smallest absolute Gasteiger partial charge is 0.325 e. The lowest BCUT2D eigenvalue weighted by Gasteiger charge is -2.12. The van der Waals surface area contributed by atoms with E-state index in [1.165, 1.54) is 20.0 Å². The average Bonchev–Trinajstić information content (AvgIpc) is 2.97. The van der Waals surface area contributed by atoms with Gasteiger partial charge in [0, 0.05) is 17.7 Å². The molecule has 0 radical (unpaired) electrons. The number of hydrogen-bond donors (Lipinski definition) is 1. The summed E-state index contributed by atoms with van der Waals surface area (Å²) in [5.74, 6) is 0.337. The van der Waals surface area contributed by atoms with E-state index < -0.39 is 0 Å². The molecule has 1 aromatic carbocycles. The molecule has 0 unspecified atom stereocenters. The van der Waals surface area contributed by atoms with Gasteiger partial charge < -0.3 is 10.1 Å². The zero-order valence-electron chi connectivity index (χ0n) is 11.9. The van der Waals surface area contributed by atoms with Crippen LogP contribution in [0.5, 0.6) is 0 Å². The van der Waals surface area contributed by atoms with Crippen molar-refractivity contribution in [3.63, 3.8) is 0 Å². The lowest BCUT2D eigenvalue weighted by Crippen LogP contribution is -2.17. The van der Waals surface area contributed by atoms with Gasteiger partial charge in [-0.2, -0.15) is 0 Å². The lowest BCUT2D eigenvalue weighted by atomic mass is 9.96. The molecule has 0 aliphatic heterocycles. The van der Waals surface area contributed by atoms with Crippen molar-refractivity contribution < 1.29 is 14.3 Å². The summed E-state index contributed by atoms with van der Waals surface area (Å²) in [7, 11) is 1.35. The van der Waals surface area contributed by atoms with Crippen molar-refractivity contribution in [1.82, 2.24) is 0 Å². The van der Waals surface area contributed by atoms with Crippen LogP contribution >= 0.6 is 0 Å². The van der Waals surface area contributed by atoms with Crippen molar-refractivity contribution in [3.8, 4) is 0 Å². The zero-order valence-corrected chi connectivity index (χ0v) is 11.9. The third-order valence-electron chi connectivity index (χ3n) is 3.83. The van der Waals surface area contributed by atoms with Gasteiger partial charge in [0.05, 0.1) is 7.11 Å². The summed E-state index contributed by atoms with van der Waals surface area (Å²) in [6.07, 6.45) is 5.39. The molecule has 4 nitrogen and oxygen atoms in total. The van der Waals surface area contributed by atoms with Crippen molar-refractivity contribution in [1.29, 1.82) is 0 Å². The van der Waals surface area contributed by atoms with Crippen molar-refractivity contribution in [2.75, 3.05) is 19.0 Å². The molecule has 1 aliphatic carbocycles. The summed E-state index contributed by atoms with van der Waals surface area (Å²) in [6.45, 7) is 0.0736. The summed E-state index contributed by atoms with van der Waals surface area (Å²) in [4.78, 5) is 23.6. The first kappa shape index (κ1) is 14.6. The van der Waals surface area contributed by atoms with Crippen LogP contribution in [-0.2, 0) is 9.53 Å². The number of benzene rings is 1. The van der Waals surface area contributed by atoms with Crippen LogP contribution < -0.4 is 5.32 Å². The maximum atomic E-state index is 12.4. The summed E-state index contributed by atoms with van der Waals surface area (Å²) in [5.41, 5.74) is 1.38. The Balaban J connectivity index is 2.02. The molecule has 108 valence electrons. The van der Waals surface area contributed by atoms with Gasteiger partial charge in [0.1, 0.15) is 6.54 Å². The molecule has 20 heavy (non-hydrogen) atoms. The van der Waals surface area contributed by atoms with Crippen LogP contribution in [0.15, 0.2) is 24.3 Å². The highest BCUT2D eigenvalue weighted by Gasteiger charge is 2.20. The number of ether oxygens (including phenoxy) is 1. The van der Waals surface area contributed by atoms with Gasteiger partial charge >= 0.3 is 5.97 Å². The number of carbonyl (C=O) groups excluding carboxylic acids is 2. The molecule has 0 atom stereocenters. The molecule has 0 bridgehead atoms. The first-order valence-corrected chi connectivity index (χ1v) is 7.13. The predicted molar refractivity (Wildman–Crippen MR) is 77.9 cm³/mol. The summed E-state index contributed by atoms with van der Waals surface area (Å²) < 4.78 is 4.59. The van der Waals surface area contributed by atoms with Gasteiger partial charge in [0.15, 0.2) is 5.78 Å². The summed E-state index contributed by atoms with van der Waals surface area (Å²) >= 11 is 0. The van der Waals surface area contributed by atoms with Gasteiger partial charge in [0.2, 0.25) is 0 Å². The Morgan fingerprint density at radius 1 is 1.25 bits per heavy atom. The van der Waals surface area contributed by atoms with E-state index in [0.717, 1.165) is 12.8 Å². The minimum Gasteiger partial charge on any atom is -0.468 e. The topological polar surface area (TPSA) is 55.4 Å². The number of carbonyl (C=O) groups is 2. The van der Waals surface area contributed by atoms with E-state index in [4.69, 9.17) is 0 Å². The lowest BCUT2D eigenvalue weighted by molar-refractivity contribution is -0.138. The maximum Gasteiger partial charge on any atom is 0.325 e. The molecule has 1 N–H and O–H groups in total. The second kappa shape index (κ2) is 7.08. The third kappa shape index (κ3) is 3.83. The van der Waals surface area contributed by atoms with E-state index in [-0.39, 0.29) is 18.3 Å². The highest BCUT2D eigenvalue weighted by atomic mass is 16.5. The van der Waals surface area contributed by atoms with Gasteiger partial charge in [-0.1, -0.05) is 37.8 Å². The molecule has 2 rings (SSSR count). The summed E-state index contributed by atoms with van der Waals surface area (Å²) in [5, 5.41) is 2.97. The number of ketones is 1. The van der Waals surface area contributed by atoms with E-state index >= 15 is 0 Å². The molecule has 0 amide bonds. The molecule has 0 saturated heterocycles. The predicted octanol–water partition coefficient (Wildman–Crippen LogP) is 3.03. The Morgan fingerprint density at radius 2 is 1.95 bits per heavy atom. The Labute approximate surface area is 119 Å². The van der Waals surface area contributed by atoms with E-state index in [0.29, 0.717) is 23.6 Å². The molecular weight excluding hydrogens is 254 g/mol. The average molecular weight is 275 g/mol. The Morgan fingerprint density at radius 3 is 2.65 bits per heavy atom. The fourth-order valence-corrected chi connectivity index (χ4v) is 2.71. The van der Waals surface area contributed by atoms with E-state index in [1.54, 1.807) is 0 Å². The first-order valence-electron chi connectivity index (χ1n) is 7.13. The standard InChI is InChI=1S/C16H21NO3/c1-20-16(19)11-17-14-9-5-4-8-13(14)15(18)10-12-6-2-3-7-12/h4-5,8-9,12,17H,2-3,6-7,10-11H2,1H3. The molecule has 1 saturated carbocycles. The van der Waals surface area contributed by atoms with Crippen LogP contribution in [0, 0.1) is 5.92 Å². The second-order valence-electron chi connectivity index (χ2n) is 5.25. The zero-order chi connectivity index (χ0) is 14.4. The normalized spacial score (nSPS) is 15.1. The number of anilines is 1. The van der Waals surface area contributed by atoms with Crippen LogP contribution in [0.1, 0.15) is 42.5 Å². The van der Waals surface area contributed by atoms with Crippen molar-refractivity contribution in [2.45, 2.75) is 32.1 Å². The van der Waals surface area contributed by atoms with Gasteiger partial charge in [0.25, 0.3) is 0 Å².